The lowest BCUT2D eigenvalue weighted by atomic mass is 9.97. The highest BCUT2D eigenvalue weighted by Gasteiger charge is 2.23. The number of nitrogens with zero attached hydrogens (tertiary/aromatic N) is 1. The number of hydrogen-bond acceptors (Lipinski definition) is 4. The van der Waals surface area contributed by atoms with E-state index in [0.29, 0.717) is 0 Å². The van der Waals surface area contributed by atoms with E-state index in [0.717, 1.165) is 50.2 Å². The van der Waals surface area contributed by atoms with Crippen molar-refractivity contribution in [3.8, 4) is 11.5 Å². The van der Waals surface area contributed by atoms with Crippen LogP contribution < -0.4 is 19.7 Å². The molecule has 0 aliphatic carbocycles. The average molecular weight is 299 g/mol. The van der Waals surface area contributed by atoms with Crippen LogP contribution in [-0.2, 0) is 0 Å². The van der Waals surface area contributed by atoms with Crippen LogP contribution >= 0.6 is 12.4 Å². The minimum Gasteiger partial charge on any atom is -0.497 e. The molecule has 1 aromatic carbocycles. The molecule has 20 heavy (non-hydrogen) atoms. The van der Waals surface area contributed by atoms with E-state index in [1.807, 2.05) is 12.1 Å². The maximum absolute atomic E-state index is 5.73. The summed E-state index contributed by atoms with van der Waals surface area (Å²) in [6, 6.07) is 6.07. The maximum Gasteiger partial charge on any atom is 0.142 e. The second-order valence-electron chi connectivity index (χ2n) is 5.32. The first kappa shape index (κ1) is 15.3. The number of nitrogens with one attached hydrogen (secondary N) is 1. The van der Waals surface area contributed by atoms with Crippen molar-refractivity contribution in [1.82, 2.24) is 5.32 Å². The van der Waals surface area contributed by atoms with Crippen LogP contribution in [0.2, 0.25) is 0 Å². The van der Waals surface area contributed by atoms with E-state index < -0.39 is 0 Å². The van der Waals surface area contributed by atoms with Crippen molar-refractivity contribution in [2.45, 2.75) is 12.8 Å². The molecule has 0 radical (unpaired) electrons. The lowest BCUT2D eigenvalue weighted by Gasteiger charge is -2.35. The molecule has 0 unspecified atom stereocenters. The molecule has 1 saturated heterocycles. The monoisotopic (exact) mass is 298 g/mol. The number of halogens is 1. The lowest BCUT2D eigenvalue weighted by Crippen LogP contribution is -2.40. The van der Waals surface area contributed by atoms with E-state index in [-0.39, 0.29) is 12.4 Å². The summed E-state index contributed by atoms with van der Waals surface area (Å²) in [4.78, 5) is 2.46. The number of fused-ring (bicyclic) bond motifs is 1. The van der Waals surface area contributed by atoms with Crippen LogP contribution in [0.3, 0.4) is 0 Å². The normalized spacial score (nSPS) is 18.8. The van der Waals surface area contributed by atoms with E-state index in [1.165, 1.54) is 18.5 Å². The molecule has 112 valence electrons. The van der Waals surface area contributed by atoms with Gasteiger partial charge >= 0.3 is 0 Å². The summed E-state index contributed by atoms with van der Waals surface area (Å²) in [5.74, 6) is 2.68. The fourth-order valence-electron chi connectivity index (χ4n) is 2.95. The first-order chi connectivity index (χ1) is 9.36. The Morgan fingerprint density at radius 3 is 2.90 bits per heavy atom. The van der Waals surface area contributed by atoms with Gasteiger partial charge in [-0.25, -0.2) is 0 Å². The van der Waals surface area contributed by atoms with Gasteiger partial charge in [-0.05, 0) is 44.0 Å². The molecular formula is C15H23ClN2O2. The first-order valence-electron chi connectivity index (χ1n) is 7.13. The van der Waals surface area contributed by atoms with Gasteiger partial charge in [0.15, 0.2) is 0 Å². The molecular weight excluding hydrogens is 276 g/mol. The number of benzene rings is 1. The highest BCUT2D eigenvalue weighted by Crippen LogP contribution is 2.35. The zero-order valence-corrected chi connectivity index (χ0v) is 12.7. The Hall–Kier alpha value is -1.13. The van der Waals surface area contributed by atoms with Gasteiger partial charge in [0.25, 0.3) is 0 Å². The molecule has 4 nitrogen and oxygen atoms in total. The molecule has 3 rings (SSSR count). The average Bonchev–Trinajstić information content (AvgIpc) is 2.48. The molecule has 0 amide bonds. The molecule has 1 N–H and O–H groups in total. The van der Waals surface area contributed by atoms with E-state index in [4.69, 9.17) is 9.47 Å². The van der Waals surface area contributed by atoms with E-state index in [9.17, 15) is 0 Å². The Morgan fingerprint density at radius 2 is 2.15 bits per heavy atom. The quantitative estimate of drug-likeness (QED) is 0.928. The maximum atomic E-state index is 5.73. The molecule has 1 aromatic rings. The molecule has 2 heterocycles. The second-order valence-corrected chi connectivity index (χ2v) is 5.32. The number of hydrogen-bond donors (Lipinski definition) is 1. The van der Waals surface area contributed by atoms with Gasteiger partial charge in [0.1, 0.15) is 18.1 Å². The predicted octanol–water partition coefficient (Wildman–Crippen LogP) is 2.32. The van der Waals surface area contributed by atoms with Crippen LogP contribution in [0, 0.1) is 5.92 Å². The van der Waals surface area contributed by atoms with E-state index >= 15 is 0 Å². The van der Waals surface area contributed by atoms with Crippen LogP contribution in [0.15, 0.2) is 18.2 Å². The van der Waals surface area contributed by atoms with Gasteiger partial charge < -0.3 is 19.7 Å². The van der Waals surface area contributed by atoms with Crippen LogP contribution in [0.1, 0.15) is 12.8 Å². The van der Waals surface area contributed by atoms with Crippen molar-refractivity contribution in [3.05, 3.63) is 18.2 Å². The summed E-state index contributed by atoms with van der Waals surface area (Å²) < 4.78 is 11.1. The molecule has 2 aliphatic rings. The van der Waals surface area contributed by atoms with Crippen molar-refractivity contribution in [2.75, 3.05) is 44.8 Å². The smallest absolute Gasteiger partial charge is 0.142 e. The van der Waals surface area contributed by atoms with Crippen LogP contribution in [0.5, 0.6) is 11.5 Å². The number of piperidine rings is 1. The van der Waals surface area contributed by atoms with Crippen molar-refractivity contribution < 1.29 is 9.47 Å². The topological polar surface area (TPSA) is 33.7 Å². The van der Waals surface area contributed by atoms with Crippen LogP contribution in [0.25, 0.3) is 0 Å². The molecule has 0 aromatic heterocycles. The molecule has 1 fully saturated rings. The summed E-state index contributed by atoms with van der Waals surface area (Å²) in [5.41, 5.74) is 1.18. The Morgan fingerprint density at radius 1 is 1.35 bits per heavy atom. The highest BCUT2D eigenvalue weighted by molar-refractivity contribution is 5.85. The number of methoxy groups -OCH3 is 1. The Bertz CT molecular complexity index is 436. The van der Waals surface area contributed by atoms with Gasteiger partial charge in [-0.1, -0.05) is 0 Å². The summed E-state index contributed by atoms with van der Waals surface area (Å²) in [6.45, 7) is 5.19. The third-order valence-electron chi connectivity index (χ3n) is 4.06. The van der Waals surface area contributed by atoms with Crippen molar-refractivity contribution >= 4 is 18.1 Å². The zero-order valence-electron chi connectivity index (χ0n) is 11.9. The van der Waals surface area contributed by atoms with Gasteiger partial charge in [0.05, 0.1) is 19.3 Å². The van der Waals surface area contributed by atoms with Gasteiger partial charge in [-0.2, -0.15) is 0 Å². The third kappa shape index (κ3) is 3.30. The van der Waals surface area contributed by atoms with Crippen molar-refractivity contribution in [1.29, 1.82) is 0 Å². The minimum absolute atomic E-state index is 0. The molecule has 0 atom stereocenters. The van der Waals surface area contributed by atoms with Gasteiger partial charge in [0.2, 0.25) is 0 Å². The fraction of sp³-hybridized carbons (Fsp3) is 0.600. The lowest BCUT2D eigenvalue weighted by molar-refractivity contribution is 0.294. The summed E-state index contributed by atoms with van der Waals surface area (Å²) >= 11 is 0. The Balaban J connectivity index is 0.00000147. The first-order valence-corrected chi connectivity index (χ1v) is 7.13. The van der Waals surface area contributed by atoms with Gasteiger partial charge in [0, 0.05) is 12.6 Å². The standard InChI is InChI=1S/C15H22N2O2.ClH/c1-18-13-2-3-15-14(10-13)17(8-9-19-15)11-12-4-6-16-7-5-12;/h2-3,10,12,16H,4-9,11H2,1H3;1H. The summed E-state index contributed by atoms with van der Waals surface area (Å²) in [5, 5.41) is 3.43. The zero-order chi connectivity index (χ0) is 13.1. The second kappa shape index (κ2) is 7.04. The summed E-state index contributed by atoms with van der Waals surface area (Å²) in [6.07, 6.45) is 2.55. The molecule has 0 saturated carbocycles. The summed E-state index contributed by atoms with van der Waals surface area (Å²) in [7, 11) is 1.71. The molecule has 2 aliphatic heterocycles. The van der Waals surface area contributed by atoms with Gasteiger partial charge in [-0.3, -0.25) is 0 Å². The van der Waals surface area contributed by atoms with E-state index in [1.54, 1.807) is 7.11 Å². The van der Waals surface area contributed by atoms with Crippen molar-refractivity contribution in [2.24, 2.45) is 5.92 Å². The largest absolute Gasteiger partial charge is 0.497 e. The number of anilines is 1. The van der Waals surface area contributed by atoms with Gasteiger partial charge in [-0.15, -0.1) is 12.4 Å². The molecule has 0 bridgehead atoms. The van der Waals surface area contributed by atoms with Crippen molar-refractivity contribution in [3.63, 3.8) is 0 Å². The Labute approximate surface area is 126 Å². The minimum atomic E-state index is 0. The van der Waals surface area contributed by atoms with Crippen LogP contribution in [-0.4, -0.2) is 39.9 Å². The molecule has 0 spiro atoms. The number of ether oxygens (including phenoxy) is 2. The van der Waals surface area contributed by atoms with E-state index in [2.05, 4.69) is 16.3 Å². The van der Waals surface area contributed by atoms with Crippen LogP contribution in [0.4, 0.5) is 5.69 Å². The number of rotatable bonds is 3. The highest BCUT2D eigenvalue weighted by atomic mass is 35.5. The predicted molar refractivity (Wildman–Crippen MR) is 83.5 cm³/mol. The fourth-order valence-corrected chi connectivity index (χ4v) is 2.95. The SMILES string of the molecule is COc1ccc2c(c1)N(CC1CCNCC1)CCO2.Cl. The molecule has 5 heteroatoms. The third-order valence-corrected chi connectivity index (χ3v) is 4.06. The Kier molecular flexibility index (Phi) is 5.38.